The van der Waals surface area contributed by atoms with Gasteiger partial charge in [0.2, 0.25) is 5.95 Å². The molecule has 0 bridgehead atoms. The summed E-state index contributed by atoms with van der Waals surface area (Å²) in [5.74, 6) is 5.63. The Morgan fingerprint density at radius 3 is 2.82 bits per heavy atom. The number of hydrogen-bond donors (Lipinski definition) is 2. The molecule has 2 aromatic rings. The summed E-state index contributed by atoms with van der Waals surface area (Å²) in [5.41, 5.74) is 2.41. The Labute approximate surface area is 116 Å². The van der Waals surface area contributed by atoms with Crippen LogP contribution < -0.4 is 11.3 Å². The molecule has 0 atom stereocenters. The Morgan fingerprint density at radius 2 is 2.12 bits per heavy atom. The minimum atomic E-state index is 0.364. The maximum absolute atomic E-state index is 6.08. The molecule has 0 unspecified atom stereocenters. The lowest BCUT2D eigenvalue weighted by Crippen LogP contribution is -2.10. The summed E-state index contributed by atoms with van der Waals surface area (Å²) in [6, 6.07) is 7.57. The van der Waals surface area contributed by atoms with Crippen molar-refractivity contribution in [2.75, 3.05) is 5.43 Å². The SMILES string of the molecule is NNc1ncc(Br)c(Sc2ccccc2Cl)n1. The Morgan fingerprint density at radius 1 is 1.35 bits per heavy atom. The topological polar surface area (TPSA) is 63.8 Å². The molecule has 2 rings (SSSR count). The van der Waals surface area contributed by atoms with Crippen LogP contribution >= 0.6 is 39.3 Å². The second-order valence-electron chi connectivity index (χ2n) is 3.02. The van der Waals surface area contributed by atoms with Crippen LogP contribution in [-0.4, -0.2) is 9.97 Å². The van der Waals surface area contributed by atoms with Crippen molar-refractivity contribution in [1.82, 2.24) is 9.97 Å². The highest BCUT2D eigenvalue weighted by Crippen LogP contribution is 2.35. The Hall–Kier alpha value is -0.820. The Balaban J connectivity index is 2.32. The zero-order valence-corrected chi connectivity index (χ0v) is 11.7. The number of nitrogens with zero attached hydrogens (tertiary/aromatic N) is 2. The molecule has 0 spiro atoms. The van der Waals surface area contributed by atoms with Crippen molar-refractivity contribution >= 4 is 45.2 Å². The first kappa shape index (κ1) is 12.6. The van der Waals surface area contributed by atoms with Crippen LogP contribution in [0.4, 0.5) is 5.95 Å². The summed E-state index contributed by atoms with van der Waals surface area (Å²) < 4.78 is 0.793. The van der Waals surface area contributed by atoms with Gasteiger partial charge in [-0.25, -0.2) is 15.8 Å². The molecule has 1 heterocycles. The van der Waals surface area contributed by atoms with Crippen molar-refractivity contribution in [2.24, 2.45) is 5.84 Å². The van der Waals surface area contributed by atoms with Crippen LogP contribution in [0.15, 0.2) is 44.9 Å². The van der Waals surface area contributed by atoms with Gasteiger partial charge < -0.3 is 0 Å². The molecule has 0 saturated carbocycles. The molecule has 1 aromatic carbocycles. The van der Waals surface area contributed by atoms with E-state index in [1.54, 1.807) is 6.20 Å². The van der Waals surface area contributed by atoms with E-state index in [1.165, 1.54) is 11.8 Å². The maximum atomic E-state index is 6.08. The molecule has 0 radical (unpaired) electrons. The number of nitrogen functional groups attached to an aromatic ring is 1. The van der Waals surface area contributed by atoms with Crippen LogP contribution in [-0.2, 0) is 0 Å². The van der Waals surface area contributed by atoms with Crippen molar-refractivity contribution in [2.45, 2.75) is 9.92 Å². The predicted molar refractivity (Wildman–Crippen MR) is 73.1 cm³/mol. The van der Waals surface area contributed by atoms with Gasteiger partial charge in [0.05, 0.1) is 9.50 Å². The fraction of sp³-hybridized carbons (Fsp3) is 0. The number of halogens is 2. The van der Waals surface area contributed by atoms with Gasteiger partial charge >= 0.3 is 0 Å². The average molecular weight is 332 g/mol. The number of nitrogens with one attached hydrogen (secondary N) is 1. The molecular formula is C10H8BrClN4S. The van der Waals surface area contributed by atoms with Crippen molar-refractivity contribution < 1.29 is 0 Å². The fourth-order valence-electron chi connectivity index (χ4n) is 1.12. The number of hydrazine groups is 1. The molecule has 0 aliphatic heterocycles. The van der Waals surface area contributed by atoms with Gasteiger partial charge in [0, 0.05) is 11.1 Å². The number of benzene rings is 1. The van der Waals surface area contributed by atoms with E-state index in [0.29, 0.717) is 11.0 Å². The van der Waals surface area contributed by atoms with Crippen molar-refractivity contribution in [1.29, 1.82) is 0 Å². The lowest BCUT2D eigenvalue weighted by atomic mass is 10.4. The molecular weight excluding hydrogens is 324 g/mol. The number of anilines is 1. The molecule has 0 saturated heterocycles. The lowest BCUT2D eigenvalue weighted by Gasteiger charge is -2.06. The normalized spacial score (nSPS) is 10.3. The van der Waals surface area contributed by atoms with Crippen LogP contribution in [0.25, 0.3) is 0 Å². The molecule has 4 nitrogen and oxygen atoms in total. The van der Waals surface area contributed by atoms with E-state index in [9.17, 15) is 0 Å². The molecule has 17 heavy (non-hydrogen) atoms. The third-order valence-corrected chi connectivity index (χ3v) is 4.25. The molecule has 3 N–H and O–H groups in total. The van der Waals surface area contributed by atoms with Crippen LogP contribution in [0, 0.1) is 0 Å². The van der Waals surface area contributed by atoms with Crippen molar-refractivity contribution in [3.63, 3.8) is 0 Å². The van der Waals surface area contributed by atoms with Gasteiger partial charge in [-0.3, -0.25) is 5.43 Å². The molecule has 0 amide bonds. The first-order valence-corrected chi connectivity index (χ1v) is 6.61. The zero-order chi connectivity index (χ0) is 12.3. The highest BCUT2D eigenvalue weighted by Gasteiger charge is 2.08. The van der Waals surface area contributed by atoms with E-state index in [-0.39, 0.29) is 0 Å². The largest absolute Gasteiger partial charge is 0.292 e. The van der Waals surface area contributed by atoms with E-state index >= 15 is 0 Å². The second kappa shape index (κ2) is 5.68. The zero-order valence-electron chi connectivity index (χ0n) is 8.52. The predicted octanol–water partition coefficient (Wildman–Crippen LogP) is 3.33. The molecule has 0 aliphatic carbocycles. The summed E-state index contributed by atoms with van der Waals surface area (Å²) in [6.45, 7) is 0. The smallest absolute Gasteiger partial charge is 0.238 e. The second-order valence-corrected chi connectivity index (χ2v) is 5.32. The summed E-state index contributed by atoms with van der Waals surface area (Å²) in [4.78, 5) is 9.15. The van der Waals surface area contributed by atoms with Crippen LogP contribution in [0.3, 0.4) is 0 Å². The van der Waals surface area contributed by atoms with E-state index in [2.05, 4.69) is 31.3 Å². The van der Waals surface area contributed by atoms with Gasteiger partial charge in [0.15, 0.2) is 0 Å². The Bertz CT molecular complexity index is 537. The third-order valence-electron chi connectivity index (χ3n) is 1.88. The summed E-state index contributed by atoms with van der Waals surface area (Å²) in [7, 11) is 0. The summed E-state index contributed by atoms with van der Waals surface area (Å²) >= 11 is 10.9. The highest BCUT2D eigenvalue weighted by atomic mass is 79.9. The van der Waals surface area contributed by atoms with Gasteiger partial charge in [-0.15, -0.1) is 0 Å². The van der Waals surface area contributed by atoms with Crippen LogP contribution in [0.1, 0.15) is 0 Å². The number of aromatic nitrogens is 2. The molecule has 7 heteroatoms. The molecule has 0 aliphatic rings. The number of hydrogen-bond acceptors (Lipinski definition) is 5. The van der Waals surface area contributed by atoms with Crippen molar-refractivity contribution in [3.8, 4) is 0 Å². The highest BCUT2D eigenvalue weighted by molar-refractivity contribution is 9.10. The monoisotopic (exact) mass is 330 g/mol. The maximum Gasteiger partial charge on any atom is 0.238 e. The summed E-state index contributed by atoms with van der Waals surface area (Å²) in [6.07, 6.45) is 1.64. The van der Waals surface area contributed by atoms with E-state index in [0.717, 1.165) is 14.4 Å². The van der Waals surface area contributed by atoms with Gasteiger partial charge in [0.1, 0.15) is 5.03 Å². The fourth-order valence-corrected chi connectivity index (χ4v) is 2.61. The summed E-state index contributed by atoms with van der Waals surface area (Å²) in [5, 5.41) is 1.44. The number of rotatable bonds is 3. The van der Waals surface area contributed by atoms with Gasteiger partial charge in [0.25, 0.3) is 0 Å². The minimum Gasteiger partial charge on any atom is -0.292 e. The third kappa shape index (κ3) is 3.10. The quantitative estimate of drug-likeness (QED) is 0.513. The van der Waals surface area contributed by atoms with E-state index < -0.39 is 0 Å². The average Bonchev–Trinajstić information content (AvgIpc) is 2.35. The Kier molecular flexibility index (Phi) is 4.22. The van der Waals surface area contributed by atoms with E-state index in [4.69, 9.17) is 17.4 Å². The van der Waals surface area contributed by atoms with Gasteiger partial charge in [-0.1, -0.05) is 35.5 Å². The van der Waals surface area contributed by atoms with Gasteiger partial charge in [-0.2, -0.15) is 0 Å². The lowest BCUT2D eigenvalue weighted by molar-refractivity contribution is 1.01. The minimum absolute atomic E-state index is 0.364. The standard InChI is InChI=1S/C10H8BrClN4S/c11-6-5-14-10(16-13)15-9(6)17-8-4-2-1-3-7(8)12/h1-5H,13H2,(H,14,15,16). The van der Waals surface area contributed by atoms with Crippen LogP contribution in [0.2, 0.25) is 5.02 Å². The van der Waals surface area contributed by atoms with E-state index in [1.807, 2.05) is 24.3 Å². The molecule has 0 fully saturated rings. The first-order valence-electron chi connectivity index (χ1n) is 4.62. The first-order chi connectivity index (χ1) is 8.20. The molecule has 88 valence electrons. The van der Waals surface area contributed by atoms with Gasteiger partial charge in [-0.05, 0) is 28.1 Å². The van der Waals surface area contributed by atoms with Crippen LogP contribution in [0.5, 0.6) is 0 Å². The molecule has 1 aromatic heterocycles. The number of nitrogens with two attached hydrogens (primary N) is 1. The van der Waals surface area contributed by atoms with Crippen molar-refractivity contribution in [3.05, 3.63) is 40.0 Å².